The molecular weight excluding hydrogens is 216 g/mol. The summed E-state index contributed by atoms with van der Waals surface area (Å²) in [6.07, 6.45) is 1.67. The molecule has 0 amide bonds. The van der Waals surface area contributed by atoms with Crippen molar-refractivity contribution in [2.24, 2.45) is 0 Å². The number of aldehydes is 1. The molecule has 0 saturated carbocycles. The number of hydrogen-bond acceptors (Lipinski definition) is 3. The van der Waals surface area contributed by atoms with Crippen LogP contribution in [0.25, 0.3) is 0 Å². The number of benzene rings is 1. The van der Waals surface area contributed by atoms with Gasteiger partial charge in [0.1, 0.15) is 12.4 Å². The fourth-order valence-electron chi connectivity index (χ4n) is 1.86. The third-order valence-electron chi connectivity index (χ3n) is 2.56. The highest BCUT2D eigenvalue weighted by Gasteiger charge is 2.06. The van der Waals surface area contributed by atoms with Crippen molar-refractivity contribution in [3.63, 3.8) is 0 Å². The van der Waals surface area contributed by atoms with Crippen LogP contribution in [0.15, 0.2) is 12.1 Å². The van der Waals surface area contributed by atoms with Crippen LogP contribution in [-0.2, 0) is 16.0 Å². The number of aryl methyl sites for hydroxylation is 2. The minimum absolute atomic E-state index is 0.111. The second-order valence-corrected chi connectivity index (χ2v) is 3.98. The largest absolute Gasteiger partial charge is 0.486 e. The highest BCUT2D eigenvalue weighted by atomic mass is 16.5. The van der Waals surface area contributed by atoms with Gasteiger partial charge in [0.05, 0.1) is 6.61 Å². The summed E-state index contributed by atoms with van der Waals surface area (Å²) >= 11 is 0. The maximum Gasteiger partial charge on any atom is 0.157 e. The first-order valence-corrected chi connectivity index (χ1v) is 5.93. The van der Waals surface area contributed by atoms with Crippen molar-refractivity contribution in [3.8, 4) is 5.75 Å². The van der Waals surface area contributed by atoms with Crippen LogP contribution in [0.3, 0.4) is 0 Å². The van der Waals surface area contributed by atoms with E-state index < -0.39 is 0 Å². The van der Waals surface area contributed by atoms with E-state index in [1.54, 1.807) is 0 Å². The van der Waals surface area contributed by atoms with Crippen LogP contribution in [0, 0.1) is 13.8 Å². The van der Waals surface area contributed by atoms with Crippen LogP contribution in [0.1, 0.15) is 23.6 Å². The monoisotopic (exact) mass is 236 g/mol. The van der Waals surface area contributed by atoms with Crippen LogP contribution in [0.5, 0.6) is 5.75 Å². The normalized spacial score (nSPS) is 10.3. The van der Waals surface area contributed by atoms with Crippen molar-refractivity contribution in [1.29, 1.82) is 0 Å². The molecule has 0 spiro atoms. The molecule has 1 aromatic carbocycles. The summed E-state index contributed by atoms with van der Waals surface area (Å²) in [7, 11) is 0. The lowest BCUT2D eigenvalue weighted by molar-refractivity contribution is -0.109. The topological polar surface area (TPSA) is 35.5 Å². The van der Waals surface area contributed by atoms with Crippen LogP contribution in [0.4, 0.5) is 0 Å². The molecular formula is C14H20O3. The van der Waals surface area contributed by atoms with Crippen molar-refractivity contribution in [3.05, 3.63) is 28.8 Å². The molecule has 0 bridgehead atoms. The van der Waals surface area contributed by atoms with E-state index in [-0.39, 0.29) is 6.61 Å². The summed E-state index contributed by atoms with van der Waals surface area (Å²) in [4.78, 5) is 10.3. The van der Waals surface area contributed by atoms with E-state index in [0.717, 1.165) is 42.8 Å². The average molecular weight is 236 g/mol. The summed E-state index contributed by atoms with van der Waals surface area (Å²) in [6.45, 7) is 7.59. The zero-order valence-electron chi connectivity index (χ0n) is 10.8. The Balaban J connectivity index is 2.74. The maximum absolute atomic E-state index is 10.3. The second kappa shape index (κ2) is 7.07. The summed E-state index contributed by atoms with van der Waals surface area (Å²) < 4.78 is 10.7. The van der Waals surface area contributed by atoms with E-state index in [4.69, 9.17) is 9.47 Å². The molecule has 3 nitrogen and oxygen atoms in total. The molecule has 94 valence electrons. The maximum atomic E-state index is 10.3. The average Bonchev–Trinajstić information content (AvgIpc) is 2.28. The van der Waals surface area contributed by atoms with E-state index in [1.807, 2.05) is 20.8 Å². The Morgan fingerprint density at radius 3 is 2.41 bits per heavy atom. The van der Waals surface area contributed by atoms with Gasteiger partial charge >= 0.3 is 0 Å². The van der Waals surface area contributed by atoms with Gasteiger partial charge in [-0.15, -0.1) is 0 Å². The van der Waals surface area contributed by atoms with Crippen molar-refractivity contribution >= 4 is 6.29 Å². The van der Waals surface area contributed by atoms with Gasteiger partial charge < -0.3 is 9.47 Å². The Morgan fingerprint density at radius 2 is 1.88 bits per heavy atom. The molecule has 0 aliphatic heterocycles. The second-order valence-electron chi connectivity index (χ2n) is 3.98. The molecule has 3 heteroatoms. The van der Waals surface area contributed by atoms with Gasteiger partial charge in [-0.3, -0.25) is 4.79 Å². The van der Waals surface area contributed by atoms with E-state index in [9.17, 15) is 4.79 Å². The first kappa shape index (κ1) is 13.7. The predicted molar refractivity (Wildman–Crippen MR) is 67.7 cm³/mol. The van der Waals surface area contributed by atoms with Gasteiger partial charge in [0.25, 0.3) is 0 Å². The fraction of sp³-hybridized carbons (Fsp3) is 0.500. The molecule has 0 heterocycles. The number of hydrogen-bond donors (Lipinski definition) is 0. The minimum Gasteiger partial charge on any atom is -0.486 e. The van der Waals surface area contributed by atoms with Crippen molar-refractivity contribution in [2.45, 2.75) is 27.2 Å². The van der Waals surface area contributed by atoms with Crippen molar-refractivity contribution < 1.29 is 14.3 Å². The fourth-order valence-corrected chi connectivity index (χ4v) is 1.86. The molecule has 0 radical (unpaired) electrons. The van der Waals surface area contributed by atoms with Gasteiger partial charge in [0.15, 0.2) is 6.29 Å². The quantitative estimate of drug-likeness (QED) is 0.539. The summed E-state index contributed by atoms with van der Waals surface area (Å²) in [5, 5.41) is 0. The summed E-state index contributed by atoms with van der Waals surface area (Å²) in [6, 6.07) is 4.18. The van der Waals surface area contributed by atoms with Gasteiger partial charge in [-0.1, -0.05) is 12.1 Å². The summed E-state index contributed by atoms with van der Waals surface area (Å²) in [5.74, 6) is 0.817. The Labute approximate surface area is 103 Å². The molecule has 0 fully saturated rings. The van der Waals surface area contributed by atoms with Gasteiger partial charge in [0.2, 0.25) is 0 Å². The van der Waals surface area contributed by atoms with Crippen molar-refractivity contribution in [2.75, 3.05) is 19.8 Å². The Bertz CT molecular complexity index is 349. The number of carbonyl (C=O) groups excluding carboxylic acids is 1. The number of carbonyl (C=O) groups is 1. The lowest BCUT2D eigenvalue weighted by Gasteiger charge is -2.12. The SMILES string of the molecule is CCOCCc1cc(C)c(OCC=O)c(C)c1. The van der Waals surface area contributed by atoms with Gasteiger partial charge in [0, 0.05) is 6.61 Å². The van der Waals surface area contributed by atoms with E-state index in [0.29, 0.717) is 0 Å². The lowest BCUT2D eigenvalue weighted by atomic mass is 10.0. The molecule has 1 aromatic rings. The predicted octanol–water partition coefficient (Wildman–Crippen LogP) is 2.46. The molecule has 17 heavy (non-hydrogen) atoms. The lowest BCUT2D eigenvalue weighted by Crippen LogP contribution is -2.03. The zero-order valence-corrected chi connectivity index (χ0v) is 10.8. The molecule has 0 N–H and O–H groups in total. The Morgan fingerprint density at radius 1 is 1.24 bits per heavy atom. The highest BCUT2D eigenvalue weighted by Crippen LogP contribution is 2.24. The van der Waals surface area contributed by atoms with Crippen LogP contribution >= 0.6 is 0 Å². The van der Waals surface area contributed by atoms with E-state index in [2.05, 4.69) is 12.1 Å². The first-order chi connectivity index (χ1) is 8.19. The molecule has 0 unspecified atom stereocenters. The molecule has 0 aliphatic rings. The van der Waals surface area contributed by atoms with Crippen LogP contribution < -0.4 is 4.74 Å². The summed E-state index contributed by atoms with van der Waals surface area (Å²) in [5.41, 5.74) is 3.38. The molecule has 1 rings (SSSR count). The first-order valence-electron chi connectivity index (χ1n) is 5.93. The smallest absolute Gasteiger partial charge is 0.157 e. The van der Waals surface area contributed by atoms with Crippen LogP contribution in [0.2, 0.25) is 0 Å². The molecule has 0 aromatic heterocycles. The van der Waals surface area contributed by atoms with Gasteiger partial charge in [-0.25, -0.2) is 0 Å². The van der Waals surface area contributed by atoms with Crippen LogP contribution in [-0.4, -0.2) is 26.1 Å². The highest BCUT2D eigenvalue weighted by molar-refractivity contribution is 5.52. The molecule has 0 saturated heterocycles. The zero-order chi connectivity index (χ0) is 12.7. The Kier molecular flexibility index (Phi) is 5.70. The third-order valence-corrected chi connectivity index (χ3v) is 2.56. The molecule has 0 aliphatic carbocycles. The number of ether oxygens (including phenoxy) is 2. The number of rotatable bonds is 7. The van der Waals surface area contributed by atoms with Gasteiger partial charge in [-0.05, 0) is 43.9 Å². The Hall–Kier alpha value is -1.35. The van der Waals surface area contributed by atoms with E-state index in [1.165, 1.54) is 5.56 Å². The minimum atomic E-state index is 0.111. The third kappa shape index (κ3) is 4.19. The van der Waals surface area contributed by atoms with E-state index >= 15 is 0 Å². The van der Waals surface area contributed by atoms with Gasteiger partial charge in [-0.2, -0.15) is 0 Å². The standard InChI is InChI=1S/C14H20O3/c1-4-16-7-5-13-9-11(2)14(12(3)10-13)17-8-6-15/h6,9-10H,4-5,7-8H2,1-3H3. The molecule has 0 atom stereocenters. The van der Waals surface area contributed by atoms with Crippen molar-refractivity contribution in [1.82, 2.24) is 0 Å².